The molecule has 18 heavy (non-hydrogen) atoms. The molecular formula is C12H15F2N3O. The highest BCUT2D eigenvalue weighted by Gasteiger charge is 2.30. The number of benzene rings is 1. The Hall–Kier alpha value is -1.69. The molecule has 1 saturated heterocycles. The molecule has 0 radical (unpaired) electrons. The lowest BCUT2D eigenvalue weighted by Crippen LogP contribution is -2.35. The molecule has 0 saturated carbocycles. The fourth-order valence-electron chi connectivity index (χ4n) is 1.94. The van der Waals surface area contributed by atoms with Gasteiger partial charge in [-0.05, 0) is 18.1 Å². The molecule has 98 valence electrons. The van der Waals surface area contributed by atoms with Crippen LogP contribution >= 0.6 is 0 Å². The molecule has 3 N–H and O–H groups in total. The molecule has 0 bridgehead atoms. The first kappa shape index (κ1) is 12.8. The first-order chi connectivity index (χ1) is 8.47. The summed E-state index contributed by atoms with van der Waals surface area (Å²) in [4.78, 5) is 13.4. The van der Waals surface area contributed by atoms with Gasteiger partial charge in [0.15, 0.2) is 0 Å². The maximum atomic E-state index is 13.4. The molecule has 1 aliphatic heterocycles. The summed E-state index contributed by atoms with van der Waals surface area (Å²) in [6.07, 6.45) is 0. The van der Waals surface area contributed by atoms with E-state index in [0.717, 1.165) is 12.1 Å². The fourth-order valence-corrected chi connectivity index (χ4v) is 1.94. The Morgan fingerprint density at radius 3 is 2.72 bits per heavy atom. The van der Waals surface area contributed by atoms with E-state index in [4.69, 9.17) is 5.73 Å². The standard InChI is InChI=1S/C12H15F2N3O/c1-7-5-17(6-10(7)15)12(18)16-11-3-2-8(13)4-9(11)14/h2-4,7,10H,5-6,15H2,1H3,(H,16,18). The largest absolute Gasteiger partial charge is 0.326 e. The molecule has 0 spiro atoms. The molecule has 1 heterocycles. The molecule has 1 aromatic rings. The third kappa shape index (κ3) is 2.59. The van der Waals surface area contributed by atoms with Crippen molar-refractivity contribution >= 4 is 11.7 Å². The number of rotatable bonds is 1. The van der Waals surface area contributed by atoms with E-state index < -0.39 is 17.7 Å². The monoisotopic (exact) mass is 255 g/mol. The Labute approximate surface area is 104 Å². The van der Waals surface area contributed by atoms with Crippen molar-refractivity contribution in [2.45, 2.75) is 13.0 Å². The van der Waals surface area contributed by atoms with Gasteiger partial charge in [0.1, 0.15) is 11.6 Å². The van der Waals surface area contributed by atoms with Gasteiger partial charge in [0.05, 0.1) is 5.69 Å². The van der Waals surface area contributed by atoms with E-state index in [1.165, 1.54) is 11.0 Å². The van der Waals surface area contributed by atoms with Crippen LogP contribution in [-0.2, 0) is 0 Å². The summed E-state index contributed by atoms with van der Waals surface area (Å²) in [5, 5.41) is 2.41. The number of halogens is 2. The van der Waals surface area contributed by atoms with Gasteiger partial charge in [0.2, 0.25) is 0 Å². The highest BCUT2D eigenvalue weighted by Crippen LogP contribution is 2.18. The van der Waals surface area contributed by atoms with Gasteiger partial charge in [-0.1, -0.05) is 6.92 Å². The van der Waals surface area contributed by atoms with E-state index in [2.05, 4.69) is 5.32 Å². The predicted octanol–water partition coefficient (Wildman–Crippen LogP) is 1.78. The van der Waals surface area contributed by atoms with Crippen molar-refractivity contribution in [3.05, 3.63) is 29.8 Å². The van der Waals surface area contributed by atoms with Gasteiger partial charge in [-0.3, -0.25) is 0 Å². The lowest BCUT2D eigenvalue weighted by Gasteiger charge is -2.17. The molecular weight excluding hydrogens is 240 g/mol. The molecule has 1 aromatic carbocycles. The number of nitrogens with two attached hydrogens (primary N) is 1. The lowest BCUT2D eigenvalue weighted by molar-refractivity contribution is 0.221. The number of hydrogen-bond acceptors (Lipinski definition) is 2. The molecule has 4 nitrogen and oxygen atoms in total. The van der Waals surface area contributed by atoms with Gasteiger partial charge < -0.3 is 16.0 Å². The third-order valence-electron chi connectivity index (χ3n) is 3.13. The Kier molecular flexibility index (Phi) is 3.47. The summed E-state index contributed by atoms with van der Waals surface area (Å²) in [5.74, 6) is -1.25. The predicted molar refractivity (Wildman–Crippen MR) is 64.1 cm³/mol. The van der Waals surface area contributed by atoms with Gasteiger partial charge >= 0.3 is 6.03 Å². The number of amides is 2. The Bertz CT molecular complexity index is 457. The molecule has 6 heteroatoms. The molecule has 0 aliphatic carbocycles. The zero-order chi connectivity index (χ0) is 13.3. The van der Waals surface area contributed by atoms with E-state index in [1.807, 2.05) is 6.92 Å². The number of urea groups is 1. The number of hydrogen-bond donors (Lipinski definition) is 2. The zero-order valence-corrected chi connectivity index (χ0v) is 9.99. The van der Waals surface area contributed by atoms with E-state index in [0.29, 0.717) is 13.1 Å². The number of nitrogens with zero attached hydrogens (tertiary/aromatic N) is 1. The average Bonchev–Trinajstić information content (AvgIpc) is 2.63. The zero-order valence-electron chi connectivity index (χ0n) is 9.99. The highest BCUT2D eigenvalue weighted by atomic mass is 19.1. The summed E-state index contributed by atoms with van der Waals surface area (Å²) in [5.41, 5.74) is 5.77. The van der Waals surface area contributed by atoms with Crippen LogP contribution < -0.4 is 11.1 Å². The van der Waals surface area contributed by atoms with E-state index in [1.54, 1.807) is 0 Å². The molecule has 2 unspecified atom stereocenters. The molecule has 1 aliphatic rings. The van der Waals surface area contributed by atoms with Gasteiger partial charge in [0, 0.05) is 25.2 Å². The summed E-state index contributed by atoms with van der Waals surface area (Å²) >= 11 is 0. The van der Waals surface area contributed by atoms with Crippen LogP contribution in [0.15, 0.2) is 18.2 Å². The molecule has 2 rings (SSSR count). The first-order valence-corrected chi connectivity index (χ1v) is 5.74. The van der Waals surface area contributed by atoms with Crippen LogP contribution in [0.2, 0.25) is 0 Å². The Morgan fingerprint density at radius 1 is 1.44 bits per heavy atom. The second kappa shape index (κ2) is 4.89. The van der Waals surface area contributed by atoms with Crippen LogP contribution in [-0.4, -0.2) is 30.1 Å². The minimum Gasteiger partial charge on any atom is -0.326 e. The van der Waals surface area contributed by atoms with Crippen LogP contribution in [0.3, 0.4) is 0 Å². The van der Waals surface area contributed by atoms with Gasteiger partial charge in [0.25, 0.3) is 0 Å². The molecule has 0 aromatic heterocycles. The minimum atomic E-state index is -0.792. The number of likely N-dealkylation sites (tertiary alicyclic amines) is 1. The van der Waals surface area contributed by atoms with Crippen LogP contribution in [0.25, 0.3) is 0 Å². The molecule has 2 amide bonds. The van der Waals surface area contributed by atoms with Crippen LogP contribution in [0.4, 0.5) is 19.3 Å². The second-order valence-corrected chi connectivity index (χ2v) is 4.60. The van der Waals surface area contributed by atoms with Crippen LogP contribution in [0.5, 0.6) is 0 Å². The number of carbonyl (C=O) groups excluding carboxylic acids is 1. The fraction of sp³-hybridized carbons (Fsp3) is 0.417. The lowest BCUT2D eigenvalue weighted by atomic mass is 10.1. The SMILES string of the molecule is CC1CN(C(=O)Nc2ccc(F)cc2F)CC1N. The molecule has 1 fully saturated rings. The van der Waals surface area contributed by atoms with Crippen molar-refractivity contribution in [2.75, 3.05) is 18.4 Å². The Balaban J connectivity index is 2.03. The Morgan fingerprint density at radius 2 is 2.17 bits per heavy atom. The maximum absolute atomic E-state index is 13.4. The topological polar surface area (TPSA) is 58.4 Å². The van der Waals surface area contributed by atoms with Gasteiger partial charge in [-0.25, -0.2) is 13.6 Å². The highest BCUT2D eigenvalue weighted by molar-refractivity contribution is 5.89. The summed E-state index contributed by atoms with van der Waals surface area (Å²) in [7, 11) is 0. The first-order valence-electron chi connectivity index (χ1n) is 5.74. The maximum Gasteiger partial charge on any atom is 0.321 e. The van der Waals surface area contributed by atoms with E-state index >= 15 is 0 Å². The number of anilines is 1. The average molecular weight is 255 g/mol. The summed E-state index contributed by atoms with van der Waals surface area (Å²) in [6, 6.07) is 2.54. The van der Waals surface area contributed by atoms with Crippen molar-refractivity contribution in [2.24, 2.45) is 11.7 Å². The van der Waals surface area contributed by atoms with Crippen LogP contribution in [0, 0.1) is 17.6 Å². The summed E-state index contributed by atoms with van der Waals surface area (Å²) < 4.78 is 26.1. The van der Waals surface area contributed by atoms with Crippen LogP contribution in [0.1, 0.15) is 6.92 Å². The molecule has 2 atom stereocenters. The normalized spacial score (nSPS) is 23.2. The van der Waals surface area contributed by atoms with Crippen molar-refractivity contribution in [3.8, 4) is 0 Å². The quantitative estimate of drug-likeness (QED) is 0.803. The van der Waals surface area contributed by atoms with Gasteiger partial charge in [-0.15, -0.1) is 0 Å². The minimum absolute atomic E-state index is 0.0328. The smallest absolute Gasteiger partial charge is 0.321 e. The van der Waals surface area contributed by atoms with Crippen molar-refractivity contribution in [1.29, 1.82) is 0 Å². The van der Waals surface area contributed by atoms with Crippen molar-refractivity contribution < 1.29 is 13.6 Å². The van der Waals surface area contributed by atoms with E-state index in [-0.39, 0.29) is 17.6 Å². The number of nitrogens with one attached hydrogen (secondary N) is 1. The summed E-state index contributed by atoms with van der Waals surface area (Å²) in [6.45, 7) is 2.93. The van der Waals surface area contributed by atoms with Crippen molar-refractivity contribution in [1.82, 2.24) is 4.90 Å². The number of carbonyl (C=O) groups is 1. The third-order valence-corrected chi connectivity index (χ3v) is 3.13. The van der Waals surface area contributed by atoms with E-state index in [9.17, 15) is 13.6 Å². The van der Waals surface area contributed by atoms with Crippen molar-refractivity contribution in [3.63, 3.8) is 0 Å². The second-order valence-electron chi connectivity index (χ2n) is 4.60. The van der Waals surface area contributed by atoms with Gasteiger partial charge in [-0.2, -0.15) is 0 Å².